The lowest BCUT2D eigenvalue weighted by Gasteiger charge is -2.18. The predicted octanol–water partition coefficient (Wildman–Crippen LogP) is 2.61. The summed E-state index contributed by atoms with van der Waals surface area (Å²) >= 11 is 0. The number of carbonyl (C=O) groups is 2. The average Bonchev–Trinajstić information content (AvgIpc) is 2.64. The quantitative estimate of drug-likeness (QED) is 0.782. The Labute approximate surface area is 150 Å². The van der Waals surface area contributed by atoms with Gasteiger partial charge in [0.1, 0.15) is 5.82 Å². The number of ether oxygens (including phenoxy) is 2. The number of hydrogen-bond acceptors (Lipinski definition) is 4. The molecule has 0 aliphatic rings. The molecular weight excluding hydrogens is 341 g/mol. The third-order valence-electron chi connectivity index (χ3n) is 3.76. The summed E-state index contributed by atoms with van der Waals surface area (Å²) in [6, 6.07) is 10.7. The van der Waals surface area contributed by atoms with E-state index in [2.05, 4.69) is 0 Å². The lowest BCUT2D eigenvalue weighted by atomic mass is 10.1. The Morgan fingerprint density at radius 1 is 1.12 bits per heavy atom. The van der Waals surface area contributed by atoms with Crippen molar-refractivity contribution in [3.8, 4) is 11.5 Å². The van der Waals surface area contributed by atoms with Crippen LogP contribution in [0.15, 0.2) is 42.5 Å². The number of amides is 1. The number of likely N-dealkylation sites (N-methyl/N-ethyl adjacent to an activating group) is 1. The molecular formula is C19H20FNO5. The van der Waals surface area contributed by atoms with Crippen LogP contribution in [0.1, 0.15) is 15.9 Å². The molecule has 7 heteroatoms. The summed E-state index contributed by atoms with van der Waals surface area (Å²) in [6.45, 7) is -0.0871. The van der Waals surface area contributed by atoms with Gasteiger partial charge in [0.05, 0.1) is 7.11 Å². The molecule has 0 aliphatic carbocycles. The number of nitrogens with zero attached hydrogens (tertiary/aromatic N) is 1. The Hall–Kier alpha value is -3.09. The van der Waals surface area contributed by atoms with Gasteiger partial charge in [-0.15, -0.1) is 0 Å². The number of benzene rings is 2. The second-order valence-corrected chi connectivity index (χ2v) is 5.65. The average molecular weight is 361 g/mol. The number of carboxylic acid groups (broad SMARTS) is 1. The Bertz CT molecular complexity index is 776. The first-order chi connectivity index (χ1) is 12.4. The van der Waals surface area contributed by atoms with Crippen LogP contribution in [0.25, 0.3) is 0 Å². The SMILES string of the molecule is COc1ccc(C(=O)N(C)CCc2ccc(F)cc2)cc1OCC(=O)O. The van der Waals surface area contributed by atoms with Gasteiger partial charge in [0, 0.05) is 19.2 Å². The van der Waals surface area contributed by atoms with Crippen molar-refractivity contribution in [1.29, 1.82) is 0 Å². The van der Waals surface area contributed by atoms with E-state index < -0.39 is 12.6 Å². The number of hydrogen-bond donors (Lipinski definition) is 1. The topological polar surface area (TPSA) is 76.1 Å². The molecule has 0 fully saturated rings. The first-order valence-corrected chi connectivity index (χ1v) is 7.93. The van der Waals surface area contributed by atoms with Crippen molar-refractivity contribution in [1.82, 2.24) is 4.90 Å². The van der Waals surface area contributed by atoms with Gasteiger partial charge in [-0.1, -0.05) is 12.1 Å². The van der Waals surface area contributed by atoms with Crippen LogP contribution in [-0.4, -0.2) is 49.2 Å². The van der Waals surface area contributed by atoms with E-state index >= 15 is 0 Å². The Balaban J connectivity index is 2.05. The van der Waals surface area contributed by atoms with Crippen LogP contribution >= 0.6 is 0 Å². The molecule has 0 atom stereocenters. The highest BCUT2D eigenvalue weighted by Crippen LogP contribution is 2.28. The first-order valence-electron chi connectivity index (χ1n) is 7.93. The minimum atomic E-state index is -1.12. The van der Waals surface area contributed by atoms with Crippen molar-refractivity contribution in [2.45, 2.75) is 6.42 Å². The molecule has 138 valence electrons. The molecule has 2 aromatic carbocycles. The van der Waals surface area contributed by atoms with Crippen LogP contribution in [0, 0.1) is 5.82 Å². The number of rotatable bonds is 8. The zero-order valence-electron chi connectivity index (χ0n) is 14.6. The van der Waals surface area contributed by atoms with Gasteiger partial charge in [0.2, 0.25) is 0 Å². The molecule has 0 saturated heterocycles. The van der Waals surface area contributed by atoms with Crippen LogP contribution in [0.2, 0.25) is 0 Å². The van der Waals surface area contributed by atoms with Gasteiger partial charge in [0.25, 0.3) is 5.91 Å². The van der Waals surface area contributed by atoms with Crippen LogP contribution in [0.5, 0.6) is 11.5 Å². The second-order valence-electron chi connectivity index (χ2n) is 5.65. The van der Waals surface area contributed by atoms with Gasteiger partial charge in [-0.25, -0.2) is 9.18 Å². The van der Waals surface area contributed by atoms with Crippen LogP contribution in [-0.2, 0) is 11.2 Å². The fraction of sp³-hybridized carbons (Fsp3) is 0.263. The number of methoxy groups -OCH3 is 1. The highest BCUT2D eigenvalue weighted by Gasteiger charge is 2.15. The maximum absolute atomic E-state index is 12.9. The summed E-state index contributed by atoms with van der Waals surface area (Å²) in [7, 11) is 3.09. The van der Waals surface area contributed by atoms with E-state index in [0.29, 0.717) is 24.3 Å². The molecule has 0 spiro atoms. The predicted molar refractivity (Wildman–Crippen MR) is 93.2 cm³/mol. The fourth-order valence-electron chi connectivity index (χ4n) is 2.33. The van der Waals surface area contributed by atoms with E-state index in [1.807, 2.05) is 0 Å². The molecule has 0 unspecified atom stereocenters. The van der Waals surface area contributed by atoms with E-state index in [-0.39, 0.29) is 17.5 Å². The van der Waals surface area contributed by atoms with Crippen molar-refractivity contribution in [2.75, 3.05) is 27.3 Å². The zero-order valence-corrected chi connectivity index (χ0v) is 14.6. The number of halogens is 1. The molecule has 2 rings (SSSR count). The minimum Gasteiger partial charge on any atom is -0.493 e. The van der Waals surface area contributed by atoms with E-state index in [1.54, 1.807) is 31.3 Å². The molecule has 1 amide bonds. The fourth-order valence-corrected chi connectivity index (χ4v) is 2.33. The van der Waals surface area contributed by atoms with E-state index in [9.17, 15) is 14.0 Å². The van der Waals surface area contributed by atoms with Crippen LogP contribution in [0.4, 0.5) is 4.39 Å². The van der Waals surface area contributed by atoms with Gasteiger partial charge in [-0.05, 0) is 42.3 Å². The molecule has 6 nitrogen and oxygen atoms in total. The minimum absolute atomic E-state index is 0.188. The summed E-state index contributed by atoms with van der Waals surface area (Å²) < 4.78 is 23.2. The summed E-state index contributed by atoms with van der Waals surface area (Å²) in [5, 5.41) is 8.74. The molecule has 0 saturated carbocycles. The number of carboxylic acids is 1. The molecule has 2 aromatic rings. The summed E-state index contributed by atoms with van der Waals surface area (Å²) in [6.07, 6.45) is 0.584. The summed E-state index contributed by atoms with van der Waals surface area (Å²) in [4.78, 5) is 24.8. The van der Waals surface area contributed by atoms with E-state index in [1.165, 1.54) is 30.2 Å². The molecule has 0 bridgehead atoms. The Morgan fingerprint density at radius 2 is 1.81 bits per heavy atom. The molecule has 26 heavy (non-hydrogen) atoms. The van der Waals surface area contributed by atoms with Gasteiger partial charge >= 0.3 is 5.97 Å². The van der Waals surface area contributed by atoms with E-state index in [4.69, 9.17) is 14.6 Å². The smallest absolute Gasteiger partial charge is 0.341 e. The number of aliphatic carboxylic acids is 1. The highest BCUT2D eigenvalue weighted by molar-refractivity contribution is 5.94. The summed E-state index contributed by atoms with van der Waals surface area (Å²) in [5.41, 5.74) is 1.28. The Kier molecular flexibility index (Phi) is 6.54. The van der Waals surface area contributed by atoms with Gasteiger partial charge in [-0.3, -0.25) is 4.79 Å². The largest absolute Gasteiger partial charge is 0.493 e. The third kappa shape index (κ3) is 5.20. The van der Waals surface area contributed by atoms with Gasteiger partial charge < -0.3 is 19.5 Å². The molecule has 0 aliphatic heterocycles. The molecule has 0 aromatic heterocycles. The Morgan fingerprint density at radius 3 is 2.42 bits per heavy atom. The number of carbonyl (C=O) groups excluding carboxylic acids is 1. The van der Waals surface area contributed by atoms with E-state index in [0.717, 1.165) is 5.56 Å². The van der Waals surface area contributed by atoms with Crippen molar-refractivity contribution in [2.24, 2.45) is 0 Å². The monoisotopic (exact) mass is 361 g/mol. The molecule has 1 N–H and O–H groups in total. The lowest BCUT2D eigenvalue weighted by Crippen LogP contribution is -2.28. The van der Waals surface area contributed by atoms with Gasteiger partial charge in [-0.2, -0.15) is 0 Å². The van der Waals surface area contributed by atoms with Crippen LogP contribution in [0.3, 0.4) is 0 Å². The molecule has 0 radical (unpaired) electrons. The van der Waals surface area contributed by atoms with Crippen molar-refractivity contribution in [3.63, 3.8) is 0 Å². The zero-order chi connectivity index (χ0) is 19.1. The second kappa shape index (κ2) is 8.84. The first kappa shape index (κ1) is 19.2. The highest BCUT2D eigenvalue weighted by atomic mass is 19.1. The van der Waals surface area contributed by atoms with Crippen molar-refractivity contribution in [3.05, 3.63) is 59.4 Å². The van der Waals surface area contributed by atoms with Crippen LogP contribution < -0.4 is 9.47 Å². The standard InChI is InChI=1S/C19H20FNO5/c1-21(10-9-13-3-6-15(20)7-4-13)19(24)14-5-8-16(25-2)17(11-14)26-12-18(22)23/h3-8,11H,9-10,12H2,1-2H3,(H,22,23). The van der Waals surface area contributed by atoms with Crippen molar-refractivity contribution < 1.29 is 28.6 Å². The summed E-state index contributed by atoms with van der Waals surface area (Å²) in [5.74, 6) is -1.13. The third-order valence-corrected chi connectivity index (χ3v) is 3.76. The normalized spacial score (nSPS) is 10.3. The maximum Gasteiger partial charge on any atom is 0.341 e. The van der Waals surface area contributed by atoms with Crippen molar-refractivity contribution >= 4 is 11.9 Å². The van der Waals surface area contributed by atoms with Gasteiger partial charge in [0.15, 0.2) is 18.1 Å². The molecule has 0 heterocycles. The lowest BCUT2D eigenvalue weighted by molar-refractivity contribution is -0.139. The maximum atomic E-state index is 12.9.